The van der Waals surface area contributed by atoms with E-state index < -0.39 is 0 Å². The molecule has 0 amide bonds. The maximum atomic E-state index is 5.42. The molecule has 0 unspecified atom stereocenters. The molecule has 0 spiro atoms. The van der Waals surface area contributed by atoms with Crippen molar-refractivity contribution in [2.24, 2.45) is 0 Å². The van der Waals surface area contributed by atoms with Crippen molar-refractivity contribution in [1.29, 1.82) is 0 Å². The van der Waals surface area contributed by atoms with Gasteiger partial charge < -0.3 is 4.74 Å². The summed E-state index contributed by atoms with van der Waals surface area (Å²) >= 11 is 0. The van der Waals surface area contributed by atoms with Gasteiger partial charge in [-0.3, -0.25) is 0 Å². The van der Waals surface area contributed by atoms with Crippen molar-refractivity contribution in [3.05, 3.63) is 28.8 Å². The second-order valence-electron chi connectivity index (χ2n) is 3.80. The zero-order valence-electron chi connectivity index (χ0n) is 9.14. The topological polar surface area (TPSA) is 9.23 Å². The molecule has 0 bridgehead atoms. The number of methoxy groups -OCH3 is 1. The Morgan fingerprint density at radius 3 is 2.00 bits per heavy atom. The minimum atomic E-state index is 0.523. The van der Waals surface area contributed by atoms with Crippen LogP contribution in [0.15, 0.2) is 12.1 Å². The average Bonchev–Trinajstić information content (AvgIpc) is 2.07. The highest BCUT2D eigenvalue weighted by atomic mass is 16.5. The molecule has 0 atom stereocenters. The predicted molar refractivity (Wildman–Crippen MR) is 56.6 cm³/mol. The second kappa shape index (κ2) is 3.82. The number of hydrogen-bond donors (Lipinski definition) is 0. The standard InChI is InChI=1S/C12H18O/c1-8(2)11-9(3)6-7-10(4)12(11)13-5/h6-8H,1-5H3. The Labute approximate surface area is 80.7 Å². The fourth-order valence-corrected chi connectivity index (χ4v) is 1.80. The fraction of sp³-hybridized carbons (Fsp3) is 0.500. The van der Waals surface area contributed by atoms with Gasteiger partial charge in [0.15, 0.2) is 0 Å². The molecule has 1 heteroatoms. The molecule has 1 aromatic rings. The van der Waals surface area contributed by atoms with Gasteiger partial charge in [0, 0.05) is 0 Å². The van der Waals surface area contributed by atoms with Crippen LogP contribution < -0.4 is 4.74 Å². The lowest BCUT2D eigenvalue weighted by Crippen LogP contribution is -1.99. The first-order chi connectivity index (χ1) is 6.07. The molecule has 0 radical (unpaired) electrons. The van der Waals surface area contributed by atoms with Crippen LogP contribution in [-0.4, -0.2) is 7.11 Å². The van der Waals surface area contributed by atoms with Crippen molar-refractivity contribution in [3.8, 4) is 5.75 Å². The summed E-state index contributed by atoms with van der Waals surface area (Å²) in [7, 11) is 1.74. The van der Waals surface area contributed by atoms with Crippen molar-refractivity contribution in [2.45, 2.75) is 33.6 Å². The van der Waals surface area contributed by atoms with Crippen molar-refractivity contribution < 1.29 is 4.74 Å². The number of rotatable bonds is 2. The van der Waals surface area contributed by atoms with Crippen LogP contribution in [0, 0.1) is 13.8 Å². The zero-order chi connectivity index (χ0) is 10.0. The molecule has 1 nitrogen and oxygen atoms in total. The molecule has 0 aliphatic carbocycles. The van der Waals surface area contributed by atoms with Gasteiger partial charge in [-0.05, 0) is 36.5 Å². The first-order valence-corrected chi connectivity index (χ1v) is 4.72. The molecule has 0 N–H and O–H groups in total. The quantitative estimate of drug-likeness (QED) is 0.674. The van der Waals surface area contributed by atoms with Gasteiger partial charge in [0.25, 0.3) is 0 Å². The maximum Gasteiger partial charge on any atom is 0.125 e. The van der Waals surface area contributed by atoms with Crippen LogP contribution >= 0.6 is 0 Å². The van der Waals surface area contributed by atoms with Crippen molar-refractivity contribution >= 4 is 0 Å². The Bertz CT molecular complexity index is 300. The summed E-state index contributed by atoms with van der Waals surface area (Å²) in [6, 6.07) is 4.27. The molecular weight excluding hydrogens is 160 g/mol. The Morgan fingerprint density at radius 2 is 1.62 bits per heavy atom. The highest BCUT2D eigenvalue weighted by molar-refractivity contribution is 5.47. The third-order valence-corrected chi connectivity index (χ3v) is 2.39. The molecular formula is C12H18O. The first kappa shape index (κ1) is 10.1. The molecule has 0 aliphatic heterocycles. The smallest absolute Gasteiger partial charge is 0.125 e. The SMILES string of the molecule is COc1c(C)ccc(C)c1C(C)C. The van der Waals surface area contributed by atoms with E-state index >= 15 is 0 Å². The molecule has 0 aromatic heterocycles. The van der Waals surface area contributed by atoms with E-state index in [2.05, 4.69) is 39.8 Å². The van der Waals surface area contributed by atoms with Crippen LogP contribution in [0.25, 0.3) is 0 Å². The van der Waals surface area contributed by atoms with Crippen LogP contribution in [0.1, 0.15) is 36.5 Å². The minimum absolute atomic E-state index is 0.523. The summed E-state index contributed by atoms with van der Waals surface area (Å²) in [5, 5.41) is 0. The van der Waals surface area contributed by atoms with Gasteiger partial charge in [-0.2, -0.15) is 0 Å². The van der Waals surface area contributed by atoms with E-state index in [4.69, 9.17) is 4.74 Å². The second-order valence-corrected chi connectivity index (χ2v) is 3.80. The van der Waals surface area contributed by atoms with E-state index in [9.17, 15) is 0 Å². The van der Waals surface area contributed by atoms with Gasteiger partial charge in [-0.25, -0.2) is 0 Å². The third-order valence-electron chi connectivity index (χ3n) is 2.39. The summed E-state index contributed by atoms with van der Waals surface area (Å²) in [5.41, 5.74) is 3.87. The summed E-state index contributed by atoms with van der Waals surface area (Å²) in [6.07, 6.45) is 0. The Balaban J connectivity index is 3.35. The van der Waals surface area contributed by atoms with Crippen molar-refractivity contribution in [3.63, 3.8) is 0 Å². The van der Waals surface area contributed by atoms with Gasteiger partial charge >= 0.3 is 0 Å². The fourth-order valence-electron chi connectivity index (χ4n) is 1.80. The van der Waals surface area contributed by atoms with Gasteiger partial charge in [0.05, 0.1) is 7.11 Å². The molecule has 0 saturated heterocycles. The molecule has 0 fully saturated rings. The van der Waals surface area contributed by atoms with E-state index in [1.807, 2.05) is 0 Å². The summed E-state index contributed by atoms with van der Waals surface area (Å²) in [4.78, 5) is 0. The Kier molecular flexibility index (Phi) is 2.97. The van der Waals surface area contributed by atoms with Gasteiger partial charge in [0.2, 0.25) is 0 Å². The van der Waals surface area contributed by atoms with Gasteiger partial charge in [-0.15, -0.1) is 0 Å². The zero-order valence-corrected chi connectivity index (χ0v) is 9.14. The third kappa shape index (κ3) is 1.85. The summed E-state index contributed by atoms with van der Waals surface area (Å²) in [5.74, 6) is 1.57. The minimum Gasteiger partial charge on any atom is -0.496 e. The van der Waals surface area contributed by atoms with Crippen LogP contribution in [-0.2, 0) is 0 Å². The van der Waals surface area contributed by atoms with Crippen LogP contribution in [0.3, 0.4) is 0 Å². The molecule has 1 rings (SSSR count). The average molecular weight is 178 g/mol. The number of ether oxygens (including phenoxy) is 1. The summed E-state index contributed by atoms with van der Waals surface area (Å²) < 4.78 is 5.42. The van der Waals surface area contributed by atoms with Crippen molar-refractivity contribution in [2.75, 3.05) is 7.11 Å². The van der Waals surface area contributed by atoms with E-state index in [1.165, 1.54) is 16.7 Å². The number of aryl methyl sites for hydroxylation is 2. The highest BCUT2D eigenvalue weighted by Crippen LogP contribution is 2.32. The Hall–Kier alpha value is -0.980. The van der Waals surface area contributed by atoms with Crippen LogP contribution in [0.5, 0.6) is 5.75 Å². The van der Waals surface area contributed by atoms with E-state index in [-0.39, 0.29) is 0 Å². The lowest BCUT2D eigenvalue weighted by molar-refractivity contribution is 0.404. The normalized spacial score (nSPS) is 10.6. The number of hydrogen-bond acceptors (Lipinski definition) is 1. The molecule has 1 aromatic carbocycles. The number of benzene rings is 1. The van der Waals surface area contributed by atoms with E-state index in [0.717, 1.165) is 5.75 Å². The highest BCUT2D eigenvalue weighted by Gasteiger charge is 2.11. The molecule has 72 valence electrons. The predicted octanol–water partition coefficient (Wildman–Crippen LogP) is 3.44. The van der Waals surface area contributed by atoms with Crippen LogP contribution in [0.2, 0.25) is 0 Å². The van der Waals surface area contributed by atoms with Gasteiger partial charge in [-0.1, -0.05) is 26.0 Å². The van der Waals surface area contributed by atoms with Crippen molar-refractivity contribution in [1.82, 2.24) is 0 Å². The van der Waals surface area contributed by atoms with E-state index in [1.54, 1.807) is 7.11 Å². The molecule has 13 heavy (non-hydrogen) atoms. The monoisotopic (exact) mass is 178 g/mol. The molecule has 0 aliphatic rings. The van der Waals surface area contributed by atoms with E-state index in [0.29, 0.717) is 5.92 Å². The van der Waals surface area contributed by atoms with Crippen LogP contribution in [0.4, 0.5) is 0 Å². The molecule has 0 heterocycles. The lowest BCUT2D eigenvalue weighted by Gasteiger charge is -2.16. The summed E-state index contributed by atoms with van der Waals surface area (Å²) in [6.45, 7) is 8.62. The lowest BCUT2D eigenvalue weighted by atomic mass is 9.94. The van der Waals surface area contributed by atoms with Gasteiger partial charge in [0.1, 0.15) is 5.75 Å². The first-order valence-electron chi connectivity index (χ1n) is 4.72. The maximum absolute atomic E-state index is 5.42. The Morgan fingerprint density at radius 1 is 1.08 bits per heavy atom. The molecule has 0 saturated carbocycles. The largest absolute Gasteiger partial charge is 0.496 e.